The Labute approximate surface area is 197 Å². The van der Waals surface area contributed by atoms with E-state index in [9.17, 15) is 14.4 Å². The van der Waals surface area contributed by atoms with Crippen molar-refractivity contribution in [2.45, 2.75) is 39.0 Å². The highest BCUT2D eigenvalue weighted by molar-refractivity contribution is 9.11. The first-order valence-electron chi connectivity index (χ1n) is 9.92. The van der Waals surface area contributed by atoms with Gasteiger partial charge in [0, 0.05) is 6.54 Å². The van der Waals surface area contributed by atoms with Crippen LogP contribution >= 0.6 is 43.6 Å². The quantitative estimate of drug-likeness (QED) is 0.311. The van der Waals surface area contributed by atoms with Crippen LogP contribution in [0, 0.1) is 5.92 Å². The number of ether oxygens (including phenoxy) is 2. The van der Waals surface area contributed by atoms with Gasteiger partial charge in [-0.3, -0.25) is 14.5 Å². The fourth-order valence-corrected chi connectivity index (χ4v) is 5.87. The van der Waals surface area contributed by atoms with Gasteiger partial charge in [-0.15, -0.1) is 0 Å². The number of rotatable bonds is 7. The van der Waals surface area contributed by atoms with E-state index in [0.29, 0.717) is 38.7 Å². The van der Waals surface area contributed by atoms with Crippen LogP contribution in [0.25, 0.3) is 6.08 Å². The Morgan fingerprint density at radius 1 is 1.20 bits per heavy atom. The maximum Gasteiger partial charge on any atom is 0.344 e. The number of carbonyl (C=O) groups excluding carboxylic acids is 3. The highest BCUT2D eigenvalue weighted by Crippen LogP contribution is 2.38. The Morgan fingerprint density at radius 3 is 2.50 bits per heavy atom. The van der Waals surface area contributed by atoms with Gasteiger partial charge in [0.2, 0.25) is 0 Å². The summed E-state index contributed by atoms with van der Waals surface area (Å²) in [7, 11) is 0. The standard InChI is InChI=1S/C21H23Br2NO5S/c1-2-28-18(25)12-29-19-15(22)8-14(9-16(19)23)10-17-20(26)24(21(27)30-17)11-13-6-4-3-5-7-13/h8-10,13H,2-7,11-12H2,1H3/b17-10+. The summed E-state index contributed by atoms with van der Waals surface area (Å²) in [6.45, 7) is 2.33. The van der Waals surface area contributed by atoms with Gasteiger partial charge in [0.25, 0.3) is 11.1 Å². The number of esters is 1. The number of nitrogens with zero attached hydrogens (tertiary/aromatic N) is 1. The molecule has 0 radical (unpaired) electrons. The molecule has 3 rings (SSSR count). The molecule has 9 heteroatoms. The lowest BCUT2D eigenvalue weighted by atomic mass is 9.89. The van der Waals surface area contributed by atoms with Crippen molar-refractivity contribution in [3.05, 3.63) is 31.5 Å². The molecule has 1 aromatic rings. The van der Waals surface area contributed by atoms with Crippen molar-refractivity contribution in [1.82, 2.24) is 4.90 Å². The molecular weight excluding hydrogens is 538 g/mol. The molecule has 2 amide bonds. The summed E-state index contributed by atoms with van der Waals surface area (Å²) < 4.78 is 11.6. The van der Waals surface area contributed by atoms with E-state index in [0.717, 1.165) is 30.2 Å². The third kappa shape index (κ3) is 5.88. The third-order valence-corrected chi connectivity index (χ3v) is 7.08. The zero-order chi connectivity index (χ0) is 21.7. The smallest absolute Gasteiger partial charge is 0.344 e. The van der Waals surface area contributed by atoms with Gasteiger partial charge in [-0.1, -0.05) is 19.3 Å². The zero-order valence-corrected chi connectivity index (χ0v) is 20.6. The lowest BCUT2D eigenvalue weighted by Gasteiger charge is -2.25. The Hall–Kier alpha value is -1.32. The maximum atomic E-state index is 12.8. The fourth-order valence-electron chi connectivity index (χ4n) is 3.57. The molecule has 0 atom stereocenters. The minimum atomic E-state index is -0.452. The van der Waals surface area contributed by atoms with Crippen LogP contribution in [0.15, 0.2) is 26.0 Å². The van der Waals surface area contributed by atoms with Gasteiger partial charge in [-0.25, -0.2) is 4.79 Å². The second-order valence-electron chi connectivity index (χ2n) is 7.20. The van der Waals surface area contributed by atoms with Gasteiger partial charge in [0.05, 0.1) is 20.5 Å². The molecule has 2 fully saturated rings. The summed E-state index contributed by atoms with van der Waals surface area (Å²) in [5.41, 5.74) is 0.736. The van der Waals surface area contributed by atoms with Crippen LogP contribution in [0.1, 0.15) is 44.6 Å². The predicted octanol–water partition coefficient (Wildman–Crippen LogP) is 5.77. The summed E-state index contributed by atoms with van der Waals surface area (Å²) in [5, 5.41) is -0.204. The van der Waals surface area contributed by atoms with Crippen molar-refractivity contribution >= 4 is 66.8 Å². The van der Waals surface area contributed by atoms with E-state index in [1.165, 1.54) is 24.2 Å². The topological polar surface area (TPSA) is 72.9 Å². The predicted molar refractivity (Wildman–Crippen MR) is 123 cm³/mol. The molecule has 1 aromatic carbocycles. The molecule has 6 nitrogen and oxygen atoms in total. The van der Waals surface area contributed by atoms with E-state index >= 15 is 0 Å². The average molecular weight is 561 g/mol. The molecule has 0 spiro atoms. The Bertz CT molecular complexity index is 844. The van der Waals surface area contributed by atoms with Crippen molar-refractivity contribution in [3.63, 3.8) is 0 Å². The van der Waals surface area contributed by atoms with Crippen LogP contribution in [0.3, 0.4) is 0 Å². The number of imide groups is 1. The Balaban J connectivity index is 1.70. The summed E-state index contributed by atoms with van der Waals surface area (Å²) in [6, 6.07) is 3.56. The molecule has 162 valence electrons. The highest BCUT2D eigenvalue weighted by Gasteiger charge is 2.36. The number of hydrogen-bond donors (Lipinski definition) is 0. The minimum Gasteiger partial charge on any atom is -0.480 e. The molecule has 30 heavy (non-hydrogen) atoms. The summed E-state index contributed by atoms with van der Waals surface area (Å²) >= 11 is 7.85. The molecule has 0 N–H and O–H groups in total. The molecule has 1 saturated carbocycles. The van der Waals surface area contributed by atoms with Gasteiger partial charge < -0.3 is 9.47 Å². The van der Waals surface area contributed by atoms with E-state index in [4.69, 9.17) is 9.47 Å². The average Bonchev–Trinajstić information content (AvgIpc) is 2.96. The second-order valence-corrected chi connectivity index (χ2v) is 9.91. The molecule has 0 bridgehead atoms. The first-order valence-corrected chi connectivity index (χ1v) is 12.3. The number of thioether (sulfide) groups is 1. The minimum absolute atomic E-state index is 0.204. The maximum absolute atomic E-state index is 12.8. The summed E-state index contributed by atoms with van der Waals surface area (Å²) in [5.74, 6) is 0.189. The van der Waals surface area contributed by atoms with Gasteiger partial charge in [0.15, 0.2) is 6.61 Å². The molecule has 1 aliphatic carbocycles. The third-order valence-electron chi connectivity index (χ3n) is 5.00. The number of amides is 2. The van der Waals surface area contributed by atoms with Crippen molar-refractivity contribution in [2.75, 3.05) is 19.8 Å². The van der Waals surface area contributed by atoms with Crippen LogP contribution < -0.4 is 4.74 Å². The van der Waals surface area contributed by atoms with Crippen LogP contribution in [-0.2, 0) is 14.3 Å². The summed E-state index contributed by atoms with van der Waals surface area (Å²) in [4.78, 5) is 38.5. The normalized spacial score (nSPS) is 18.9. The molecule has 1 heterocycles. The van der Waals surface area contributed by atoms with E-state index in [-0.39, 0.29) is 17.8 Å². The molecule has 1 aliphatic heterocycles. The second kappa shape index (κ2) is 10.8. The largest absolute Gasteiger partial charge is 0.480 e. The van der Waals surface area contributed by atoms with Crippen molar-refractivity contribution in [2.24, 2.45) is 5.92 Å². The number of halogens is 2. The zero-order valence-electron chi connectivity index (χ0n) is 16.6. The summed E-state index contributed by atoms with van der Waals surface area (Å²) in [6.07, 6.45) is 7.44. The monoisotopic (exact) mass is 559 g/mol. The molecular formula is C21H23Br2NO5S. The number of carbonyl (C=O) groups is 3. The molecule has 0 aromatic heterocycles. The van der Waals surface area contributed by atoms with E-state index in [1.807, 2.05) is 0 Å². The molecule has 0 unspecified atom stereocenters. The first-order chi connectivity index (χ1) is 14.4. The van der Waals surface area contributed by atoms with Crippen LogP contribution in [0.2, 0.25) is 0 Å². The van der Waals surface area contributed by atoms with Crippen LogP contribution in [-0.4, -0.2) is 41.8 Å². The van der Waals surface area contributed by atoms with Crippen LogP contribution in [0.4, 0.5) is 4.79 Å². The lowest BCUT2D eigenvalue weighted by Crippen LogP contribution is -2.34. The van der Waals surface area contributed by atoms with E-state index < -0.39 is 5.97 Å². The lowest BCUT2D eigenvalue weighted by molar-refractivity contribution is -0.145. The van der Waals surface area contributed by atoms with Crippen molar-refractivity contribution in [1.29, 1.82) is 0 Å². The SMILES string of the molecule is CCOC(=O)COc1c(Br)cc(/C=C2/SC(=O)N(CC3CCCCC3)C2=O)cc1Br. The Morgan fingerprint density at radius 2 is 1.87 bits per heavy atom. The Kier molecular flexibility index (Phi) is 8.42. The fraction of sp³-hybridized carbons (Fsp3) is 0.476. The molecule has 1 saturated heterocycles. The van der Waals surface area contributed by atoms with Crippen LogP contribution in [0.5, 0.6) is 5.75 Å². The van der Waals surface area contributed by atoms with E-state index in [2.05, 4.69) is 31.9 Å². The number of benzene rings is 1. The number of hydrogen-bond acceptors (Lipinski definition) is 6. The van der Waals surface area contributed by atoms with Crippen molar-refractivity contribution < 1.29 is 23.9 Å². The van der Waals surface area contributed by atoms with Gasteiger partial charge >= 0.3 is 5.97 Å². The van der Waals surface area contributed by atoms with Gasteiger partial charge in [-0.05, 0) is 93.1 Å². The van der Waals surface area contributed by atoms with Gasteiger partial charge in [-0.2, -0.15) is 0 Å². The molecule has 2 aliphatic rings. The first kappa shape index (κ1) is 23.3. The van der Waals surface area contributed by atoms with Gasteiger partial charge in [0.1, 0.15) is 5.75 Å². The van der Waals surface area contributed by atoms with Crippen molar-refractivity contribution in [3.8, 4) is 5.75 Å². The van der Waals surface area contributed by atoms with E-state index in [1.54, 1.807) is 25.1 Å². The highest BCUT2D eigenvalue weighted by atomic mass is 79.9.